The number of nitriles is 1. The maximum absolute atomic E-state index is 13.6. The van der Waals surface area contributed by atoms with E-state index in [9.17, 15) is 12.8 Å². The van der Waals surface area contributed by atoms with Gasteiger partial charge in [-0.2, -0.15) is 5.26 Å². The van der Waals surface area contributed by atoms with Gasteiger partial charge < -0.3 is 5.32 Å². The summed E-state index contributed by atoms with van der Waals surface area (Å²) in [6.07, 6.45) is 0. The molecule has 0 saturated heterocycles. The third-order valence-corrected chi connectivity index (χ3v) is 5.45. The highest BCUT2D eigenvalue weighted by Crippen LogP contribution is 2.16. The van der Waals surface area contributed by atoms with Gasteiger partial charge in [-0.3, -0.25) is 0 Å². The van der Waals surface area contributed by atoms with Gasteiger partial charge in [0.2, 0.25) is 10.0 Å². The minimum absolute atomic E-state index is 0.125. The molecular formula is C13H12FN3O2S2. The fourth-order valence-electron chi connectivity index (χ4n) is 1.60. The van der Waals surface area contributed by atoms with Gasteiger partial charge in [-0.25, -0.2) is 17.5 Å². The predicted octanol–water partition coefficient (Wildman–Crippen LogP) is 2.15. The first-order valence-corrected chi connectivity index (χ1v) is 8.36. The topological polar surface area (TPSA) is 82.0 Å². The first kappa shape index (κ1) is 15.4. The van der Waals surface area contributed by atoms with E-state index in [4.69, 9.17) is 5.26 Å². The van der Waals surface area contributed by atoms with Crippen LogP contribution in [0.3, 0.4) is 0 Å². The highest BCUT2D eigenvalue weighted by Gasteiger charge is 2.13. The summed E-state index contributed by atoms with van der Waals surface area (Å²) in [5.74, 6) is -0.546. The Kier molecular flexibility index (Phi) is 4.90. The van der Waals surface area contributed by atoms with Gasteiger partial charge in [0.05, 0.1) is 17.3 Å². The standard InChI is InChI=1S/C13H12FN3O2S2/c14-11-8-10(9-15)3-4-12(11)16-5-6-17-21(18,19)13-2-1-7-20-13/h1-4,7-8,16-17H,5-6H2. The molecule has 21 heavy (non-hydrogen) atoms. The summed E-state index contributed by atoms with van der Waals surface area (Å²) in [7, 11) is -3.50. The fourth-order valence-corrected chi connectivity index (χ4v) is 3.67. The Morgan fingerprint density at radius 2 is 2.10 bits per heavy atom. The minimum atomic E-state index is -3.50. The molecule has 0 unspecified atom stereocenters. The van der Waals surface area contributed by atoms with Crippen molar-refractivity contribution >= 4 is 27.0 Å². The molecule has 5 nitrogen and oxygen atoms in total. The van der Waals surface area contributed by atoms with E-state index in [0.717, 1.165) is 17.4 Å². The van der Waals surface area contributed by atoms with Crippen molar-refractivity contribution in [3.05, 3.63) is 47.1 Å². The molecule has 2 rings (SSSR count). The molecule has 0 atom stereocenters. The average Bonchev–Trinajstić information content (AvgIpc) is 3.00. The number of rotatable bonds is 6. The molecule has 1 aromatic heterocycles. The molecule has 1 aromatic carbocycles. The van der Waals surface area contributed by atoms with Crippen LogP contribution in [0.2, 0.25) is 0 Å². The van der Waals surface area contributed by atoms with Crippen LogP contribution in [0.4, 0.5) is 10.1 Å². The summed E-state index contributed by atoms with van der Waals surface area (Å²) in [6.45, 7) is 0.354. The van der Waals surface area contributed by atoms with Crippen molar-refractivity contribution in [2.24, 2.45) is 0 Å². The van der Waals surface area contributed by atoms with Crippen LogP contribution >= 0.6 is 11.3 Å². The average molecular weight is 325 g/mol. The van der Waals surface area contributed by atoms with Crippen molar-refractivity contribution in [2.75, 3.05) is 18.4 Å². The van der Waals surface area contributed by atoms with Crippen molar-refractivity contribution in [1.82, 2.24) is 4.72 Å². The Labute approximate surface area is 126 Å². The third kappa shape index (κ3) is 4.01. The van der Waals surface area contributed by atoms with E-state index in [-0.39, 0.29) is 28.5 Å². The van der Waals surface area contributed by atoms with Crippen LogP contribution < -0.4 is 10.0 Å². The molecule has 0 aliphatic carbocycles. The van der Waals surface area contributed by atoms with Gasteiger partial charge >= 0.3 is 0 Å². The van der Waals surface area contributed by atoms with E-state index in [2.05, 4.69) is 10.0 Å². The second-order valence-electron chi connectivity index (χ2n) is 4.06. The predicted molar refractivity (Wildman–Crippen MR) is 79.1 cm³/mol. The molecule has 0 spiro atoms. The number of hydrogen-bond donors (Lipinski definition) is 2. The van der Waals surface area contributed by atoms with Crippen LogP contribution in [0, 0.1) is 17.1 Å². The Morgan fingerprint density at radius 1 is 1.29 bits per heavy atom. The van der Waals surface area contributed by atoms with E-state index in [1.807, 2.05) is 6.07 Å². The Morgan fingerprint density at radius 3 is 2.71 bits per heavy atom. The number of hydrogen-bond acceptors (Lipinski definition) is 5. The SMILES string of the molecule is N#Cc1ccc(NCCNS(=O)(=O)c2cccs2)c(F)c1. The molecule has 2 N–H and O–H groups in total. The molecule has 0 aliphatic heterocycles. The Bertz CT molecular complexity index is 752. The molecular weight excluding hydrogens is 313 g/mol. The smallest absolute Gasteiger partial charge is 0.250 e. The minimum Gasteiger partial charge on any atom is -0.381 e. The normalized spacial score (nSPS) is 11.0. The number of nitrogens with one attached hydrogen (secondary N) is 2. The fraction of sp³-hybridized carbons (Fsp3) is 0.154. The molecule has 1 heterocycles. The van der Waals surface area contributed by atoms with Crippen molar-refractivity contribution in [1.29, 1.82) is 5.26 Å². The van der Waals surface area contributed by atoms with Crippen LogP contribution in [-0.4, -0.2) is 21.5 Å². The summed E-state index contributed by atoms with van der Waals surface area (Å²) in [5, 5.41) is 13.1. The molecule has 0 amide bonds. The van der Waals surface area contributed by atoms with E-state index in [0.29, 0.717) is 0 Å². The lowest BCUT2D eigenvalue weighted by molar-refractivity contribution is 0.585. The van der Waals surface area contributed by atoms with Crippen molar-refractivity contribution in [3.63, 3.8) is 0 Å². The second kappa shape index (κ2) is 6.67. The number of nitrogens with zero attached hydrogens (tertiary/aromatic N) is 1. The van der Waals surface area contributed by atoms with E-state index in [1.54, 1.807) is 11.4 Å². The van der Waals surface area contributed by atoms with Crippen LogP contribution in [0.15, 0.2) is 39.9 Å². The second-order valence-corrected chi connectivity index (χ2v) is 7.00. The highest BCUT2D eigenvalue weighted by molar-refractivity contribution is 7.91. The molecule has 110 valence electrons. The lowest BCUT2D eigenvalue weighted by Gasteiger charge is -2.08. The maximum Gasteiger partial charge on any atom is 0.250 e. The highest BCUT2D eigenvalue weighted by atomic mass is 32.2. The Balaban J connectivity index is 1.87. The van der Waals surface area contributed by atoms with Gasteiger partial charge in [0.15, 0.2) is 0 Å². The molecule has 0 radical (unpaired) electrons. The summed E-state index contributed by atoms with van der Waals surface area (Å²) in [4.78, 5) is 0. The zero-order valence-electron chi connectivity index (χ0n) is 10.8. The van der Waals surface area contributed by atoms with Gasteiger partial charge in [-0.1, -0.05) is 6.07 Å². The summed E-state index contributed by atoms with van der Waals surface area (Å²) >= 11 is 1.13. The van der Waals surface area contributed by atoms with Crippen molar-refractivity contribution in [2.45, 2.75) is 4.21 Å². The van der Waals surface area contributed by atoms with Crippen LogP contribution in [0.5, 0.6) is 0 Å². The molecule has 0 saturated carbocycles. The monoisotopic (exact) mass is 325 g/mol. The number of halogens is 1. The molecule has 0 bridgehead atoms. The molecule has 2 aromatic rings. The molecule has 0 aliphatic rings. The molecule has 8 heteroatoms. The maximum atomic E-state index is 13.6. The number of thiophene rings is 1. The summed E-state index contributed by atoms with van der Waals surface area (Å²) < 4.78 is 39.9. The Hall–Kier alpha value is -1.95. The van der Waals surface area contributed by atoms with Crippen LogP contribution in [-0.2, 0) is 10.0 Å². The van der Waals surface area contributed by atoms with Gasteiger partial charge in [0.25, 0.3) is 0 Å². The lowest BCUT2D eigenvalue weighted by Crippen LogP contribution is -2.28. The largest absolute Gasteiger partial charge is 0.381 e. The molecule has 0 fully saturated rings. The summed E-state index contributed by atoms with van der Waals surface area (Å²) in [5.41, 5.74) is 0.459. The zero-order valence-corrected chi connectivity index (χ0v) is 12.5. The van der Waals surface area contributed by atoms with Gasteiger partial charge in [0.1, 0.15) is 10.0 Å². The van der Waals surface area contributed by atoms with Crippen molar-refractivity contribution in [3.8, 4) is 6.07 Å². The van der Waals surface area contributed by atoms with E-state index >= 15 is 0 Å². The first-order chi connectivity index (χ1) is 10.0. The van der Waals surface area contributed by atoms with Gasteiger partial charge in [-0.05, 0) is 29.6 Å². The lowest BCUT2D eigenvalue weighted by atomic mass is 10.2. The number of sulfonamides is 1. The third-order valence-electron chi connectivity index (χ3n) is 2.59. The zero-order chi connectivity index (χ0) is 15.3. The quantitative estimate of drug-likeness (QED) is 0.797. The number of benzene rings is 1. The van der Waals surface area contributed by atoms with Crippen molar-refractivity contribution < 1.29 is 12.8 Å². The van der Waals surface area contributed by atoms with E-state index in [1.165, 1.54) is 18.2 Å². The number of anilines is 1. The van der Waals surface area contributed by atoms with Gasteiger partial charge in [-0.15, -0.1) is 11.3 Å². The summed E-state index contributed by atoms with van der Waals surface area (Å²) in [6, 6.07) is 9.07. The van der Waals surface area contributed by atoms with Gasteiger partial charge in [0, 0.05) is 13.1 Å². The van der Waals surface area contributed by atoms with E-state index < -0.39 is 15.8 Å². The van der Waals surface area contributed by atoms with Crippen LogP contribution in [0.25, 0.3) is 0 Å². The first-order valence-electron chi connectivity index (χ1n) is 5.99. The van der Waals surface area contributed by atoms with Crippen LogP contribution in [0.1, 0.15) is 5.56 Å².